The maximum absolute atomic E-state index is 10.0. The number of aliphatic hydroxyl groups excluding tert-OH is 3. The number of nitrogens with zero attached hydrogens (tertiary/aromatic N) is 1. The number of aryl methyl sites for hydroxylation is 1. The zero-order chi connectivity index (χ0) is 16.4. The highest BCUT2D eigenvalue weighted by molar-refractivity contribution is 7.99. The Balaban J connectivity index is 1.80. The molecular formula is C17H19NO4S. The molecule has 0 amide bonds. The van der Waals surface area contributed by atoms with E-state index in [1.54, 1.807) is 18.5 Å². The molecule has 0 bridgehead atoms. The van der Waals surface area contributed by atoms with E-state index >= 15 is 0 Å². The Bertz CT molecular complexity index is 681. The van der Waals surface area contributed by atoms with Crippen LogP contribution in [0.3, 0.4) is 0 Å². The Morgan fingerprint density at radius 1 is 1.17 bits per heavy atom. The normalized spacial score (nSPS) is 27.7. The van der Waals surface area contributed by atoms with E-state index in [2.05, 4.69) is 4.98 Å². The highest BCUT2D eigenvalue weighted by atomic mass is 32.2. The zero-order valence-corrected chi connectivity index (χ0v) is 13.5. The van der Waals surface area contributed by atoms with Crippen LogP contribution in [0.4, 0.5) is 0 Å². The molecule has 1 aromatic carbocycles. The largest absolute Gasteiger partial charge is 0.477 e. The van der Waals surface area contributed by atoms with Crippen LogP contribution in [0.2, 0.25) is 0 Å². The molecule has 1 fully saturated rings. The van der Waals surface area contributed by atoms with Gasteiger partial charge < -0.3 is 20.1 Å². The fourth-order valence-electron chi connectivity index (χ4n) is 2.52. The molecule has 2 heterocycles. The van der Waals surface area contributed by atoms with E-state index in [0.717, 1.165) is 16.7 Å². The smallest absolute Gasteiger partial charge is 0.173 e. The Hall–Kier alpha value is -1.60. The van der Waals surface area contributed by atoms with Gasteiger partial charge in [-0.15, -0.1) is 11.8 Å². The summed E-state index contributed by atoms with van der Waals surface area (Å²) in [5.41, 5.74) is 2.50. The van der Waals surface area contributed by atoms with Crippen molar-refractivity contribution in [2.45, 2.75) is 30.7 Å². The second kappa shape index (κ2) is 6.88. The van der Waals surface area contributed by atoms with Crippen LogP contribution in [0.25, 0.3) is 11.1 Å². The molecule has 0 spiro atoms. The first-order valence-corrected chi connectivity index (χ1v) is 8.44. The maximum atomic E-state index is 10.0. The van der Waals surface area contributed by atoms with Gasteiger partial charge in [-0.2, -0.15) is 0 Å². The summed E-state index contributed by atoms with van der Waals surface area (Å²) in [5.74, 6) is 0.926. The third kappa shape index (κ3) is 3.50. The van der Waals surface area contributed by atoms with E-state index < -0.39 is 23.7 Å². The summed E-state index contributed by atoms with van der Waals surface area (Å²) in [6.07, 6.45) is 0.302. The zero-order valence-electron chi connectivity index (χ0n) is 12.7. The van der Waals surface area contributed by atoms with Crippen molar-refractivity contribution in [2.75, 3.05) is 5.75 Å². The fraction of sp³-hybridized carbons (Fsp3) is 0.353. The lowest BCUT2D eigenvalue weighted by Gasteiger charge is -2.34. The van der Waals surface area contributed by atoms with Crippen molar-refractivity contribution in [3.8, 4) is 16.9 Å². The number of pyridine rings is 1. The lowest BCUT2D eigenvalue weighted by molar-refractivity contribution is -0.0786. The topological polar surface area (TPSA) is 82.8 Å². The van der Waals surface area contributed by atoms with Crippen LogP contribution >= 0.6 is 11.8 Å². The lowest BCUT2D eigenvalue weighted by atomic mass is 10.0. The van der Waals surface area contributed by atoms with Crippen molar-refractivity contribution in [3.05, 3.63) is 48.3 Å². The van der Waals surface area contributed by atoms with Crippen LogP contribution in [0, 0.1) is 6.92 Å². The Morgan fingerprint density at radius 2 is 2.00 bits per heavy atom. The maximum Gasteiger partial charge on any atom is 0.173 e. The molecule has 0 radical (unpaired) electrons. The number of ether oxygens (including phenoxy) is 1. The minimum Gasteiger partial charge on any atom is -0.477 e. The van der Waals surface area contributed by atoms with E-state index in [-0.39, 0.29) is 0 Å². The minimum absolute atomic E-state index is 0.324. The first kappa shape index (κ1) is 16.3. The fourth-order valence-corrected chi connectivity index (χ4v) is 3.64. The third-order valence-electron chi connectivity index (χ3n) is 3.89. The van der Waals surface area contributed by atoms with E-state index in [0.29, 0.717) is 11.5 Å². The third-order valence-corrected chi connectivity index (χ3v) is 5.13. The van der Waals surface area contributed by atoms with Crippen LogP contribution in [-0.2, 0) is 0 Å². The molecule has 0 aliphatic carbocycles. The van der Waals surface area contributed by atoms with Crippen LogP contribution in [0.5, 0.6) is 5.75 Å². The summed E-state index contributed by atoms with van der Waals surface area (Å²) in [6.45, 7) is 2.02. The van der Waals surface area contributed by atoms with Crippen LogP contribution in [-0.4, -0.2) is 49.8 Å². The average molecular weight is 333 g/mol. The first-order chi connectivity index (χ1) is 11.1. The second-order valence-corrected chi connectivity index (χ2v) is 6.72. The van der Waals surface area contributed by atoms with Gasteiger partial charge in [-0.05, 0) is 36.2 Å². The number of thioether (sulfide) groups is 1. The molecule has 1 aliphatic heterocycles. The molecule has 1 aliphatic rings. The van der Waals surface area contributed by atoms with Crippen LogP contribution < -0.4 is 4.74 Å². The number of aliphatic hydroxyl groups is 3. The monoisotopic (exact) mass is 333 g/mol. The number of hydrogen-bond donors (Lipinski definition) is 3. The van der Waals surface area contributed by atoms with E-state index in [1.165, 1.54) is 11.8 Å². The quantitative estimate of drug-likeness (QED) is 0.791. The summed E-state index contributed by atoms with van der Waals surface area (Å²) in [5, 5.41) is 29.4. The molecule has 3 rings (SSSR count). The number of aromatic nitrogens is 1. The van der Waals surface area contributed by atoms with Crippen molar-refractivity contribution < 1.29 is 20.1 Å². The number of benzene rings is 1. The predicted molar refractivity (Wildman–Crippen MR) is 89.3 cm³/mol. The highest BCUT2D eigenvalue weighted by Gasteiger charge is 2.38. The summed E-state index contributed by atoms with van der Waals surface area (Å²) < 4.78 is 5.81. The summed E-state index contributed by atoms with van der Waals surface area (Å²) >= 11 is 1.29. The Morgan fingerprint density at radius 3 is 2.78 bits per heavy atom. The predicted octanol–water partition coefficient (Wildman–Crippen LogP) is 1.59. The lowest BCUT2D eigenvalue weighted by Crippen LogP contribution is -2.50. The molecule has 0 unspecified atom stereocenters. The van der Waals surface area contributed by atoms with Gasteiger partial charge in [0.15, 0.2) is 5.44 Å². The van der Waals surface area contributed by atoms with E-state index in [1.807, 2.05) is 31.2 Å². The number of rotatable bonds is 3. The summed E-state index contributed by atoms with van der Waals surface area (Å²) in [4.78, 5) is 4.15. The second-order valence-electron chi connectivity index (χ2n) is 5.59. The molecule has 23 heavy (non-hydrogen) atoms. The molecule has 5 nitrogen and oxygen atoms in total. The molecular weight excluding hydrogens is 314 g/mol. The summed E-state index contributed by atoms with van der Waals surface area (Å²) in [6, 6.07) is 9.48. The van der Waals surface area contributed by atoms with Crippen molar-refractivity contribution in [1.29, 1.82) is 0 Å². The van der Waals surface area contributed by atoms with Gasteiger partial charge in [0.1, 0.15) is 18.0 Å². The van der Waals surface area contributed by atoms with Gasteiger partial charge in [0.05, 0.1) is 6.10 Å². The van der Waals surface area contributed by atoms with Gasteiger partial charge in [0.2, 0.25) is 0 Å². The van der Waals surface area contributed by atoms with Gasteiger partial charge in [0, 0.05) is 23.7 Å². The molecule has 2 aromatic rings. The minimum atomic E-state index is -1.19. The molecule has 1 saturated heterocycles. The summed E-state index contributed by atoms with van der Waals surface area (Å²) in [7, 11) is 0. The molecule has 4 atom stereocenters. The number of hydrogen-bond acceptors (Lipinski definition) is 6. The van der Waals surface area contributed by atoms with Gasteiger partial charge in [-0.25, -0.2) is 0 Å². The van der Waals surface area contributed by atoms with Crippen molar-refractivity contribution in [3.63, 3.8) is 0 Å². The average Bonchev–Trinajstić information content (AvgIpc) is 2.56. The molecule has 3 N–H and O–H groups in total. The first-order valence-electron chi connectivity index (χ1n) is 7.40. The Labute approximate surface area is 139 Å². The Kier molecular flexibility index (Phi) is 4.87. The van der Waals surface area contributed by atoms with Gasteiger partial charge >= 0.3 is 0 Å². The SMILES string of the molecule is Cc1ccncc1-c1cccc(O[C@@H]2SC[C@@H](O)[C@H](O)[C@H]2O)c1. The highest BCUT2D eigenvalue weighted by Crippen LogP contribution is 2.31. The van der Waals surface area contributed by atoms with Crippen molar-refractivity contribution >= 4 is 11.8 Å². The van der Waals surface area contributed by atoms with Gasteiger partial charge in [-0.1, -0.05) is 12.1 Å². The molecule has 0 saturated carbocycles. The van der Waals surface area contributed by atoms with Crippen LogP contribution in [0.1, 0.15) is 5.56 Å². The van der Waals surface area contributed by atoms with E-state index in [4.69, 9.17) is 4.74 Å². The van der Waals surface area contributed by atoms with Gasteiger partial charge in [-0.3, -0.25) is 4.98 Å². The standard InChI is InChI=1S/C17H19NO4S/c1-10-5-6-18-8-13(10)11-3-2-4-12(7-11)22-17-16(21)15(20)14(19)9-23-17/h2-8,14-17,19-21H,9H2,1H3/t14-,15+,16-,17-/m1/s1. The molecule has 122 valence electrons. The van der Waals surface area contributed by atoms with Crippen molar-refractivity contribution in [1.82, 2.24) is 4.98 Å². The molecule has 1 aromatic heterocycles. The molecule has 6 heteroatoms. The van der Waals surface area contributed by atoms with Crippen molar-refractivity contribution in [2.24, 2.45) is 0 Å². The van der Waals surface area contributed by atoms with E-state index in [9.17, 15) is 15.3 Å². The van der Waals surface area contributed by atoms with Crippen LogP contribution in [0.15, 0.2) is 42.7 Å². The van der Waals surface area contributed by atoms with Gasteiger partial charge in [0.25, 0.3) is 0 Å².